The summed E-state index contributed by atoms with van der Waals surface area (Å²) in [5.74, 6) is 0.306. The Kier molecular flexibility index (Phi) is 4.26. The van der Waals surface area contributed by atoms with Crippen LogP contribution >= 0.6 is 0 Å². The third kappa shape index (κ3) is 3.11. The van der Waals surface area contributed by atoms with Crippen LogP contribution in [0.4, 0.5) is 0 Å². The molecule has 0 radical (unpaired) electrons. The first kappa shape index (κ1) is 16.5. The molecule has 0 saturated heterocycles. The number of amides is 1. The number of carbonyl (C=O) groups excluding carboxylic acids is 1. The zero-order valence-corrected chi connectivity index (χ0v) is 14.2. The van der Waals surface area contributed by atoms with Crippen molar-refractivity contribution in [3.8, 4) is 11.3 Å². The number of hydrogen-bond donors (Lipinski definition) is 2. The van der Waals surface area contributed by atoms with Gasteiger partial charge in [0.15, 0.2) is 11.5 Å². The molecular weight excluding hydrogens is 334 g/mol. The number of benzene rings is 1. The SMILES string of the molecule is C[C@@H](O)c1cnnn1[C@H]1C[C@H](NC(=O)c2cc(-c3ccccc3)on2)C1. The predicted octanol–water partition coefficient (Wildman–Crippen LogP) is 2.12. The Labute approximate surface area is 149 Å². The molecule has 134 valence electrons. The molecule has 2 aromatic heterocycles. The number of carbonyl (C=O) groups is 1. The van der Waals surface area contributed by atoms with E-state index in [1.54, 1.807) is 23.9 Å². The van der Waals surface area contributed by atoms with Crippen molar-refractivity contribution in [3.05, 3.63) is 54.0 Å². The molecule has 0 bridgehead atoms. The predicted molar refractivity (Wildman–Crippen MR) is 92.1 cm³/mol. The van der Waals surface area contributed by atoms with Crippen molar-refractivity contribution in [2.75, 3.05) is 0 Å². The van der Waals surface area contributed by atoms with Gasteiger partial charge in [-0.05, 0) is 19.8 Å². The maximum absolute atomic E-state index is 12.4. The van der Waals surface area contributed by atoms with Crippen molar-refractivity contribution >= 4 is 5.91 Å². The van der Waals surface area contributed by atoms with Gasteiger partial charge in [-0.25, -0.2) is 4.68 Å². The lowest BCUT2D eigenvalue weighted by molar-refractivity contribution is 0.0870. The lowest BCUT2D eigenvalue weighted by atomic mass is 9.86. The van der Waals surface area contributed by atoms with E-state index in [9.17, 15) is 9.90 Å². The summed E-state index contributed by atoms with van der Waals surface area (Å²) < 4.78 is 7.00. The lowest BCUT2D eigenvalue weighted by Gasteiger charge is -2.36. The second-order valence-electron chi connectivity index (χ2n) is 6.52. The average molecular weight is 353 g/mol. The molecule has 26 heavy (non-hydrogen) atoms. The van der Waals surface area contributed by atoms with Gasteiger partial charge in [0.2, 0.25) is 0 Å². The van der Waals surface area contributed by atoms with Crippen LogP contribution in [0.2, 0.25) is 0 Å². The van der Waals surface area contributed by atoms with E-state index in [0.29, 0.717) is 11.5 Å². The van der Waals surface area contributed by atoms with E-state index in [0.717, 1.165) is 18.4 Å². The quantitative estimate of drug-likeness (QED) is 0.728. The fourth-order valence-corrected chi connectivity index (χ4v) is 3.12. The maximum atomic E-state index is 12.4. The Hall–Kier alpha value is -3.00. The van der Waals surface area contributed by atoms with E-state index < -0.39 is 6.10 Å². The van der Waals surface area contributed by atoms with Gasteiger partial charge in [-0.3, -0.25) is 4.79 Å². The molecule has 1 aromatic carbocycles. The van der Waals surface area contributed by atoms with Gasteiger partial charge in [0.1, 0.15) is 0 Å². The summed E-state index contributed by atoms with van der Waals surface area (Å²) in [6.07, 6.45) is 2.42. The van der Waals surface area contributed by atoms with Crippen molar-refractivity contribution in [1.29, 1.82) is 0 Å². The van der Waals surface area contributed by atoms with Crippen LogP contribution in [0.5, 0.6) is 0 Å². The van der Waals surface area contributed by atoms with E-state index in [-0.39, 0.29) is 23.7 Å². The molecule has 1 fully saturated rings. The third-order valence-electron chi connectivity index (χ3n) is 4.63. The topological polar surface area (TPSA) is 106 Å². The molecule has 1 aliphatic carbocycles. The van der Waals surface area contributed by atoms with Crippen LogP contribution in [0.3, 0.4) is 0 Å². The number of aromatic nitrogens is 4. The monoisotopic (exact) mass is 353 g/mol. The molecule has 2 N–H and O–H groups in total. The minimum absolute atomic E-state index is 0.0374. The Morgan fingerprint density at radius 1 is 1.35 bits per heavy atom. The summed E-state index contributed by atoms with van der Waals surface area (Å²) in [6, 6.07) is 11.3. The normalized spacial score (nSPS) is 20.4. The highest BCUT2D eigenvalue weighted by Crippen LogP contribution is 2.33. The Balaban J connectivity index is 1.36. The number of nitrogens with zero attached hydrogens (tertiary/aromatic N) is 4. The van der Waals surface area contributed by atoms with Gasteiger partial charge in [0.05, 0.1) is 24.0 Å². The molecule has 3 aromatic rings. The zero-order chi connectivity index (χ0) is 18.1. The van der Waals surface area contributed by atoms with Crippen LogP contribution in [0.15, 0.2) is 47.1 Å². The van der Waals surface area contributed by atoms with E-state index >= 15 is 0 Å². The number of aliphatic hydroxyl groups excluding tert-OH is 1. The van der Waals surface area contributed by atoms with E-state index in [4.69, 9.17) is 4.52 Å². The fraction of sp³-hybridized carbons (Fsp3) is 0.333. The fourth-order valence-electron chi connectivity index (χ4n) is 3.12. The number of rotatable bonds is 5. The van der Waals surface area contributed by atoms with Crippen LogP contribution in [0.1, 0.15) is 48.1 Å². The second kappa shape index (κ2) is 6.72. The van der Waals surface area contributed by atoms with Crippen LogP contribution in [-0.4, -0.2) is 37.2 Å². The molecule has 8 heteroatoms. The van der Waals surface area contributed by atoms with Crippen LogP contribution in [0.25, 0.3) is 11.3 Å². The Morgan fingerprint density at radius 2 is 2.12 bits per heavy atom. The number of nitrogens with one attached hydrogen (secondary N) is 1. The molecule has 4 rings (SSSR count). The summed E-state index contributed by atoms with van der Waals surface area (Å²) >= 11 is 0. The molecule has 0 spiro atoms. The second-order valence-corrected chi connectivity index (χ2v) is 6.52. The average Bonchev–Trinajstić information content (AvgIpc) is 3.27. The zero-order valence-electron chi connectivity index (χ0n) is 14.2. The van der Waals surface area contributed by atoms with Crippen molar-refractivity contribution in [3.63, 3.8) is 0 Å². The van der Waals surface area contributed by atoms with E-state index in [1.165, 1.54) is 0 Å². The smallest absolute Gasteiger partial charge is 0.273 e. The summed E-state index contributed by atoms with van der Waals surface area (Å²) in [6.45, 7) is 1.68. The first-order valence-electron chi connectivity index (χ1n) is 8.53. The van der Waals surface area contributed by atoms with Gasteiger partial charge >= 0.3 is 0 Å². The molecule has 1 amide bonds. The van der Waals surface area contributed by atoms with Crippen LogP contribution < -0.4 is 5.32 Å². The highest BCUT2D eigenvalue weighted by atomic mass is 16.5. The minimum atomic E-state index is -0.620. The van der Waals surface area contributed by atoms with E-state index in [1.807, 2.05) is 30.3 Å². The first-order valence-corrected chi connectivity index (χ1v) is 8.53. The highest BCUT2D eigenvalue weighted by Gasteiger charge is 2.34. The summed E-state index contributed by atoms with van der Waals surface area (Å²) in [7, 11) is 0. The van der Waals surface area contributed by atoms with Gasteiger partial charge in [0, 0.05) is 17.7 Å². The molecule has 0 aliphatic heterocycles. The molecule has 0 unspecified atom stereocenters. The molecule has 1 aliphatic rings. The maximum Gasteiger partial charge on any atom is 0.273 e. The Morgan fingerprint density at radius 3 is 2.85 bits per heavy atom. The Bertz CT molecular complexity index is 896. The van der Waals surface area contributed by atoms with Gasteiger partial charge in [-0.1, -0.05) is 40.7 Å². The number of hydrogen-bond acceptors (Lipinski definition) is 6. The minimum Gasteiger partial charge on any atom is -0.387 e. The van der Waals surface area contributed by atoms with Crippen molar-refractivity contribution in [1.82, 2.24) is 25.5 Å². The van der Waals surface area contributed by atoms with Gasteiger partial charge in [-0.2, -0.15) is 0 Å². The summed E-state index contributed by atoms with van der Waals surface area (Å²) in [5.41, 5.74) is 1.82. The lowest BCUT2D eigenvalue weighted by Crippen LogP contribution is -2.45. The molecule has 1 atom stereocenters. The van der Waals surface area contributed by atoms with Crippen molar-refractivity contribution < 1.29 is 14.4 Å². The van der Waals surface area contributed by atoms with Crippen LogP contribution in [-0.2, 0) is 0 Å². The van der Waals surface area contributed by atoms with Gasteiger partial charge in [-0.15, -0.1) is 5.10 Å². The number of aliphatic hydroxyl groups is 1. The standard InChI is InChI=1S/C18H19N5O3/c1-11(24)16-10-19-22-23(16)14-7-13(8-14)20-18(25)15-9-17(26-21-15)12-5-3-2-4-6-12/h2-6,9-11,13-14,24H,7-8H2,1H3,(H,20,25)/t11-,13-,14-/m1/s1. The van der Waals surface area contributed by atoms with Crippen molar-refractivity contribution in [2.45, 2.75) is 38.0 Å². The molecule has 8 nitrogen and oxygen atoms in total. The van der Waals surface area contributed by atoms with Gasteiger partial charge < -0.3 is 14.9 Å². The third-order valence-corrected chi connectivity index (χ3v) is 4.63. The summed E-state index contributed by atoms with van der Waals surface area (Å²) in [5, 5.41) is 24.4. The van der Waals surface area contributed by atoms with Crippen LogP contribution in [0, 0.1) is 0 Å². The molecule has 2 heterocycles. The summed E-state index contributed by atoms with van der Waals surface area (Å²) in [4.78, 5) is 12.4. The van der Waals surface area contributed by atoms with Gasteiger partial charge in [0.25, 0.3) is 5.91 Å². The molecular formula is C18H19N5O3. The van der Waals surface area contributed by atoms with Crippen molar-refractivity contribution in [2.24, 2.45) is 0 Å². The van der Waals surface area contributed by atoms with E-state index in [2.05, 4.69) is 20.8 Å². The molecule has 1 saturated carbocycles. The highest BCUT2D eigenvalue weighted by molar-refractivity contribution is 5.93. The largest absolute Gasteiger partial charge is 0.387 e. The first-order chi connectivity index (χ1) is 12.6.